The molecule has 2 N–H and O–H groups in total. The van der Waals surface area contributed by atoms with Crippen molar-refractivity contribution in [1.29, 1.82) is 0 Å². The average molecular weight is 276 g/mol. The van der Waals surface area contributed by atoms with Gasteiger partial charge in [0.05, 0.1) is 7.11 Å². The van der Waals surface area contributed by atoms with Gasteiger partial charge >= 0.3 is 0 Å². The van der Waals surface area contributed by atoms with Gasteiger partial charge in [-0.3, -0.25) is 4.79 Å². The minimum absolute atomic E-state index is 0.249. The van der Waals surface area contributed by atoms with Crippen molar-refractivity contribution in [2.75, 3.05) is 26.7 Å². The van der Waals surface area contributed by atoms with Gasteiger partial charge in [0.2, 0.25) is 5.91 Å². The largest absolute Gasteiger partial charge is 0.497 e. The number of rotatable bonds is 5. The fourth-order valence-corrected chi connectivity index (χ4v) is 2.69. The molecule has 1 atom stereocenters. The first-order chi connectivity index (χ1) is 9.72. The molecule has 1 aromatic carbocycles. The maximum Gasteiger partial charge on any atom is 0.222 e. The second kappa shape index (κ2) is 7.29. The van der Waals surface area contributed by atoms with E-state index in [1.165, 1.54) is 5.56 Å². The number of hydrogen-bond donors (Lipinski definition) is 1. The third-order valence-corrected chi connectivity index (χ3v) is 3.99. The van der Waals surface area contributed by atoms with Gasteiger partial charge in [0, 0.05) is 19.5 Å². The highest BCUT2D eigenvalue weighted by molar-refractivity contribution is 5.76. The SMILES string of the molecule is COc1ccc(CCC(=O)N2CCCC(CN)C2)cc1. The van der Waals surface area contributed by atoms with Crippen LogP contribution in [0.15, 0.2) is 24.3 Å². The fourth-order valence-electron chi connectivity index (χ4n) is 2.69. The first-order valence-electron chi connectivity index (χ1n) is 7.33. The van der Waals surface area contributed by atoms with E-state index in [1.807, 2.05) is 29.2 Å². The molecule has 1 unspecified atom stereocenters. The van der Waals surface area contributed by atoms with E-state index < -0.39 is 0 Å². The minimum atomic E-state index is 0.249. The van der Waals surface area contributed by atoms with Crippen LogP contribution in [-0.2, 0) is 11.2 Å². The van der Waals surface area contributed by atoms with E-state index in [4.69, 9.17) is 10.5 Å². The molecule has 0 spiro atoms. The number of carbonyl (C=O) groups excluding carboxylic acids is 1. The second-order valence-electron chi connectivity index (χ2n) is 5.43. The number of amides is 1. The van der Waals surface area contributed by atoms with E-state index in [0.717, 1.165) is 38.1 Å². The molecule has 1 fully saturated rings. The molecule has 2 rings (SSSR count). The van der Waals surface area contributed by atoms with Gasteiger partial charge in [-0.1, -0.05) is 12.1 Å². The van der Waals surface area contributed by atoms with E-state index in [9.17, 15) is 4.79 Å². The summed E-state index contributed by atoms with van der Waals surface area (Å²) in [7, 11) is 1.66. The van der Waals surface area contributed by atoms with Crippen molar-refractivity contribution in [2.45, 2.75) is 25.7 Å². The third-order valence-electron chi connectivity index (χ3n) is 3.99. The molecule has 20 heavy (non-hydrogen) atoms. The van der Waals surface area contributed by atoms with Crippen LogP contribution in [0.4, 0.5) is 0 Å². The van der Waals surface area contributed by atoms with Crippen LogP contribution in [0.25, 0.3) is 0 Å². The second-order valence-corrected chi connectivity index (χ2v) is 5.43. The van der Waals surface area contributed by atoms with Crippen molar-refractivity contribution in [3.8, 4) is 5.75 Å². The van der Waals surface area contributed by atoms with E-state index in [-0.39, 0.29) is 5.91 Å². The van der Waals surface area contributed by atoms with Crippen LogP contribution in [0, 0.1) is 5.92 Å². The van der Waals surface area contributed by atoms with E-state index in [0.29, 0.717) is 18.9 Å². The Balaban J connectivity index is 1.81. The van der Waals surface area contributed by atoms with Gasteiger partial charge in [-0.25, -0.2) is 0 Å². The summed E-state index contributed by atoms with van der Waals surface area (Å²) < 4.78 is 5.13. The Hall–Kier alpha value is -1.55. The molecule has 1 aromatic rings. The van der Waals surface area contributed by atoms with Gasteiger partial charge in [-0.05, 0) is 49.4 Å². The average Bonchev–Trinajstić information content (AvgIpc) is 2.53. The monoisotopic (exact) mass is 276 g/mol. The van der Waals surface area contributed by atoms with E-state index >= 15 is 0 Å². The van der Waals surface area contributed by atoms with Crippen molar-refractivity contribution >= 4 is 5.91 Å². The Kier molecular flexibility index (Phi) is 5.41. The van der Waals surface area contributed by atoms with Gasteiger partial charge in [-0.2, -0.15) is 0 Å². The molecule has 0 aromatic heterocycles. The van der Waals surface area contributed by atoms with Crippen molar-refractivity contribution < 1.29 is 9.53 Å². The van der Waals surface area contributed by atoms with Crippen LogP contribution >= 0.6 is 0 Å². The Bertz CT molecular complexity index is 431. The van der Waals surface area contributed by atoms with Gasteiger partial charge in [0.1, 0.15) is 5.75 Å². The third kappa shape index (κ3) is 3.97. The summed E-state index contributed by atoms with van der Waals surface area (Å²) in [5.41, 5.74) is 6.88. The predicted octanol–water partition coefficient (Wildman–Crippen LogP) is 1.83. The highest BCUT2D eigenvalue weighted by Gasteiger charge is 2.22. The van der Waals surface area contributed by atoms with Crippen LogP contribution in [0.2, 0.25) is 0 Å². The molecule has 1 aliphatic heterocycles. The molecule has 0 aliphatic carbocycles. The number of nitrogens with zero attached hydrogens (tertiary/aromatic N) is 1. The van der Waals surface area contributed by atoms with Crippen LogP contribution in [-0.4, -0.2) is 37.6 Å². The van der Waals surface area contributed by atoms with E-state index in [2.05, 4.69) is 0 Å². The van der Waals surface area contributed by atoms with Gasteiger partial charge in [0.15, 0.2) is 0 Å². The van der Waals surface area contributed by atoms with Crippen LogP contribution in [0.5, 0.6) is 5.75 Å². The van der Waals surface area contributed by atoms with Crippen LogP contribution in [0.1, 0.15) is 24.8 Å². The standard InChI is InChI=1S/C16H24N2O2/c1-20-15-7-4-13(5-8-15)6-9-16(19)18-10-2-3-14(11-17)12-18/h4-5,7-8,14H,2-3,6,9-12,17H2,1H3. The van der Waals surface area contributed by atoms with Crippen molar-refractivity contribution in [3.63, 3.8) is 0 Å². The predicted molar refractivity (Wildman–Crippen MR) is 79.7 cm³/mol. The smallest absolute Gasteiger partial charge is 0.222 e. The molecule has 1 saturated heterocycles. The molecular weight excluding hydrogens is 252 g/mol. The van der Waals surface area contributed by atoms with Crippen molar-refractivity contribution in [2.24, 2.45) is 11.7 Å². The molecule has 4 heteroatoms. The van der Waals surface area contributed by atoms with Crippen molar-refractivity contribution in [3.05, 3.63) is 29.8 Å². The highest BCUT2D eigenvalue weighted by atomic mass is 16.5. The molecule has 1 aliphatic rings. The molecule has 0 saturated carbocycles. The summed E-state index contributed by atoms with van der Waals surface area (Å²) in [6.07, 6.45) is 3.59. The fraction of sp³-hybridized carbons (Fsp3) is 0.562. The van der Waals surface area contributed by atoms with Crippen LogP contribution < -0.4 is 10.5 Å². The Labute approximate surface area is 120 Å². The molecule has 1 heterocycles. The number of likely N-dealkylation sites (tertiary alicyclic amines) is 1. The highest BCUT2D eigenvalue weighted by Crippen LogP contribution is 2.17. The number of hydrogen-bond acceptors (Lipinski definition) is 3. The zero-order valence-corrected chi connectivity index (χ0v) is 12.2. The number of nitrogens with two attached hydrogens (primary N) is 1. The van der Waals surface area contributed by atoms with Gasteiger partial charge in [0.25, 0.3) is 0 Å². The quantitative estimate of drug-likeness (QED) is 0.892. The maximum atomic E-state index is 12.2. The Morgan fingerprint density at radius 1 is 1.40 bits per heavy atom. The summed E-state index contributed by atoms with van der Waals surface area (Å²) in [5.74, 6) is 1.58. The summed E-state index contributed by atoms with van der Waals surface area (Å²) in [4.78, 5) is 14.2. The zero-order valence-electron chi connectivity index (χ0n) is 12.2. The lowest BCUT2D eigenvalue weighted by molar-refractivity contribution is -0.132. The lowest BCUT2D eigenvalue weighted by Crippen LogP contribution is -2.42. The number of piperidine rings is 1. The minimum Gasteiger partial charge on any atom is -0.497 e. The molecule has 1 amide bonds. The number of carbonyl (C=O) groups is 1. The summed E-state index contributed by atoms with van der Waals surface area (Å²) >= 11 is 0. The van der Waals surface area contributed by atoms with Crippen LogP contribution in [0.3, 0.4) is 0 Å². The number of ether oxygens (including phenoxy) is 1. The first kappa shape index (κ1) is 14.9. The lowest BCUT2D eigenvalue weighted by Gasteiger charge is -2.32. The number of methoxy groups -OCH3 is 1. The summed E-state index contributed by atoms with van der Waals surface area (Å²) in [5, 5.41) is 0. The number of benzene rings is 1. The Morgan fingerprint density at radius 2 is 2.15 bits per heavy atom. The summed E-state index contributed by atoms with van der Waals surface area (Å²) in [6, 6.07) is 7.91. The topological polar surface area (TPSA) is 55.6 Å². The molecule has 4 nitrogen and oxygen atoms in total. The van der Waals surface area contributed by atoms with Gasteiger partial charge in [-0.15, -0.1) is 0 Å². The van der Waals surface area contributed by atoms with Crippen molar-refractivity contribution in [1.82, 2.24) is 4.90 Å². The number of aryl methyl sites for hydroxylation is 1. The Morgan fingerprint density at radius 3 is 2.80 bits per heavy atom. The first-order valence-corrected chi connectivity index (χ1v) is 7.33. The zero-order chi connectivity index (χ0) is 14.4. The summed E-state index contributed by atoms with van der Waals surface area (Å²) in [6.45, 7) is 2.40. The maximum absolute atomic E-state index is 12.2. The van der Waals surface area contributed by atoms with Gasteiger partial charge < -0.3 is 15.4 Å². The van der Waals surface area contributed by atoms with E-state index in [1.54, 1.807) is 7.11 Å². The molecule has 0 radical (unpaired) electrons. The molecule has 110 valence electrons. The normalized spacial score (nSPS) is 18.9. The molecular formula is C16H24N2O2. The molecule has 0 bridgehead atoms. The lowest BCUT2D eigenvalue weighted by atomic mass is 9.97.